The summed E-state index contributed by atoms with van der Waals surface area (Å²) in [5.41, 5.74) is 1.09. The van der Waals surface area contributed by atoms with Crippen LogP contribution in [0.3, 0.4) is 0 Å². The Hall–Kier alpha value is -1.88. The number of carbonyl (C=O) groups excluding carboxylic acids is 2. The molecule has 2 heterocycles. The van der Waals surface area contributed by atoms with E-state index in [-0.39, 0.29) is 29.9 Å². The molecule has 0 radical (unpaired) electrons. The summed E-state index contributed by atoms with van der Waals surface area (Å²) in [5.74, 6) is -0.131. The summed E-state index contributed by atoms with van der Waals surface area (Å²) in [6.07, 6.45) is 1.28. The Labute approximate surface area is 136 Å². The van der Waals surface area contributed by atoms with E-state index >= 15 is 0 Å². The summed E-state index contributed by atoms with van der Waals surface area (Å²) in [4.78, 5) is 28.6. The molecule has 5 heteroatoms. The molecule has 2 amide bonds. The average molecular weight is 316 g/mol. The van der Waals surface area contributed by atoms with Crippen LogP contribution in [0.25, 0.3) is 0 Å². The fraction of sp³-hybridized carbons (Fsp3) is 0.556. The highest BCUT2D eigenvalue weighted by Gasteiger charge is 2.39. The van der Waals surface area contributed by atoms with Gasteiger partial charge in [0.1, 0.15) is 0 Å². The van der Waals surface area contributed by atoms with Gasteiger partial charge in [0.2, 0.25) is 11.8 Å². The summed E-state index contributed by atoms with van der Waals surface area (Å²) in [6.45, 7) is 3.70. The van der Waals surface area contributed by atoms with E-state index in [1.165, 1.54) is 0 Å². The number of hydrogen-bond donors (Lipinski definition) is 1. The number of amides is 2. The molecule has 0 aromatic heterocycles. The number of benzene rings is 1. The molecule has 2 fully saturated rings. The molecule has 0 bridgehead atoms. The predicted octanol–water partition coefficient (Wildman–Crippen LogP) is 1.58. The van der Waals surface area contributed by atoms with Gasteiger partial charge in [-0.15, -0.1) is 0 Å². The van der Waals surface area contributed by atoms with Crippen LogP contribution in [0, 0.1) is 5.92 Å². The lowest BCUT2D eigenvalue weighted by atomic mass is 10.0. The van der Waals surface area contributed by atoms with Crippen molar-refractivity contribution in [1.29, 1.82) is 0 Å². The van der Waals surface area contributed by atoms with E-state index in [1.807, 2.05) is 42.2 Å². The largest absolute Gasteiger partial charge is 0.393 e. The van der Waals surface area contributed by atoms with Gasteiger partial charge in [-0.2, -0.15) is 0 Å². The van der Waals surface area contributed by atoms with Crippen molar-refractivity contribution in [1.82, 2.24) is 9.80 Å². The van der Waals surface area contributed by atoms with Crippen LogP contribution in [0.15, 0.2) is 30.3 Å². The normalized spacial score (nSPS) is 24.1. The van der Waals surface area contributed by atoms with Crippen LogP contribution in [0.4, 0.5) is 0 Å². The topological polar surface area (TPSA) is 60.9 Å². The van der Waals surface area contributed by atoms with Gasteiger partial charge in [0.15, 0.2) is 0 Å². The average Bonchev–Trinajstić information content (AvgIpc) is 2.97. The number of rotatable bonds is 3. The van der Waals surface area contributed by atoms with Crippen molar-refractivity contribution in [3.8, 4) is 0 Å². The number of likely N-dealkylation sites (tertiary alicyclic amines) is 2. The van der Waals surface area contributed by atoms with Gasteiger partial charge in [-0.25, -0.2) is 0 Å². The summed E-state index contributed by atoms with van der Waals surface area (Å²) < 4.78 is 0. The first-order valence-electron chi connectivity index (χ1n) is 8.37. The van der Waals surface area contributed by atoms with Gasteiger partial charge in [0, 0.05) is 26.1 Å². The number of carbonyl (C=O) groups is 2. The number of nitrogens with zero attached hydrogens (tertiary/aromatic N) is 2. The molecular weight excluding hydrogens is 292 g/mol. The molecule has 2 atom stereocenters. The van der Waals surface area contributed by atoms with Crippen molar-refractivity contribution < 1.29 is 14.7 Å². The first kappa shape index (κ1) is 16.0. The zero-order valence-corrected chi connectivity index (χ0v) is 13.5. The number of hydrogen-bond acceptors (Lipinski definition) is 3. The van der Waals surface area contributed by atoms with E-state index in [9.17, 15) is 14.7 Å². The Morgan fingerprint density at radius 2 is 1.87 bits per heavy atom. The number of piperidine rings is 1. The maximum Gasteiger partial charge on any atom is 0.227 e. The third-order valence-corrected chi connectivity index (χ3v) is 5.03. The smallest absolute Gasteiger partial charge is 0.227 e. The molecule has 0 aliphatic carbocycles. The van der Waals surface area contributed by atoms with Crippen molar-refractivity contribution in [2.75, 3.05) is 19.6 Å². The highest BCUT2D eigenvalue weighted by Crippen LogP contribution is 2.29. The molecule has 0 saturated carbocycles. The van der Waals surface area contributed by atoms with Crippen molar-refractivity contribution in [2.45, 2.75) is 38.3 Å². The molecule has 1 aromatic carbocycles. The molecule has 3 rings (SSSR count). The molecule has 2 aliphatic rings. The summed E-state index contributed by atoms with van der Waals surface area (Å²) in [5, 5.41) is 9.56. The van der Waals surface area contributed by atoms with E-state index in [0.29, 0.717) is 38.9 Å². The monoisotopic (exact) mass is 316 g/mol. The van der Waals surface area contributed by atoms with E-state index in [2.05, 4.69) is 0 Å². The first-order chi connectivity index (χ1) is 11.1. The van der Waals surface area contributed by atoms with E-state index in [4.69, 9.17) is 0 Å². The second-order valence-corrected chi connectivity index (χ2v) is 6.59. The van der Waals surface area contributed by atoms with Gasteiger partial charge < -0.3 is 14.9 Å². The SMILES string of the molecule is CC(c1ccccc1)N1CC(C(=O)N2CCC(O)CC2)CC1=O. The van der Waals surface area contributed by atoms with Gasteiger partial charge in [-0.3, -0.25) is 9.59 Å². The van der Waals surface area contributed by atoms with Crippen molar-refractivity contribution in [2.24, 2.45) is 5.92 Å². The molecule has 5 nitrogen and oxygen atoms in total. The maximum absolute atomic E-state index is 12.6. The van der Waals surface area contributed by atoms with Crippen LogP contribution in [-0.2, 0) is 9.59 Å². The standard InChI is InChI=1S/C18H24N2O3/c1-13(14-5-3-2-4-6-14)20-12-15(11-17(20)22)18(23)19-9-7-16(21)8-10-19/h2-6,13,15-16,21H,7-12H2,1H3. The van der Waals surface area contributed by atoms with Crippen LogP contribution in [-0.4, -0.2) is 52.5 Å². The third kappa shape index (κ3) is 3.39. The fourth-order valence-electron chi connectivity index (χ4n) is 3.53. The molecule has 23 heavy (non-hydrogen) atoms. The second kappa shape index (κ2) is 6.71. The highest BCUT2D eigenvalue weighted by molar-refractivity contribution is 5.89. The fourth-order valence-corrected chi connectivity index (χ4v) is 3.53. The van der Waals surface area contributed by atoms with Crippen LogP contribution < -0.4 is 0 Å². The molecule has 2 unspecified atom stereocenters. The number of aliphatic hydroxyl groups excluding tert-OH is 1. The lowest BCUT2D eigenvalue weighted by molar-refractivity contribution is -0.137. The molecular formula is C18H24N2O3. The minimum Gasteiger partial charge on any atom is -0.393 e. The summed E-state index contributed by atoms with van der Waals surface area (Å²) >= 11 is 0. The third-order valence-electron chi connectivity index (χ3n) is 5.03. The lowest BCUT2D eigenvalue weighted by Crippen LogP contribution is -2.43. The van der Waals surface area contributed by atoms with Crippen molar-refractivity contribution in [3.05, 3.63) is 35.9 Å². The quantitative estimate of drug-likeness (QED) is 0.921. The Bertz CT molecular complexity index is 567. The lowest BCUT2D eigenvalue weighted by Gasteiger charge is -2.31. The summed E-state index contributed by atoms with van der Waals surface area (Å²) in [7, 11) is 0. The zero-order valence-electron chi connectivity index (χ0n) is 13.5. The van der Waals surface area contributed by atoms with Crippen molar-refractivity contribution in [3.63, 3.8) is 0 Å². The predicted molar refractivity (Wildman–Crippen MR) is 86.5 cm³/mol. The van der Waals surface area contributed by atoms with E-state index in [1.54, 1.807) is 4.90 Å². The van der Waals surface area contributed by atoms with E-state index < -0.39 is 0 Å². The first-order valence-corrected chi connectivity index (χ1v) is 8.37. The van der Waals surface area contributed by atoms with Gasteiger partial charge in [-0.1, -0.05) is 30.3 Å². The van der Waals surface area contributed by atoms with Crippen LogP contribution in [0.1, 0.15) is 37.8 Å². The molecule has 2 saturated heterocycles. The van der Waals surface area contributed by atoms with Gasteiger partial charge in [0.25, 0.3) is 0 Å². The van der Waals surface area contributed by atoms with Crippen LogP contribution in [0.2, 0.25) is 0 Å². The Balaban J connectivity index is 1.64. The maximum atomic E-state index is 12.6. The van der Waals surface area contributed by atoms with Crippen LogP contribution in [0.5, 0.6) is 0 Å². The number of aliphatic hydroxyl groups is 1. The van der Waals surface area contributed by atoms with Gasteiger partial charge in [0.05, 0.1) is 18.1 Å². The minimum atomic E-state index is -0.293. The zero-order chi connectivity index (χ0) is 16.4. The van der Waals surface area contributed by atoms with Gasteiger partial charge in [-0.05, 0) is 25.3 Å². The van der Waals surface area contributed by atoms with Crippen molar-refractivity contribution >= 4 is 11.8 Å². The van der Waals surface area contributed by atoms with Gasteiger partial charge >= 0.3 is 0 Å². The summed E-state index contributed by atoms with van der Waals surface area (Å²) in [6, 6.07) is 9.91. The Kier molecular flexibility index (Phi) is 4.66. The highest BCUT2D eigenvalue weighted by atomic mass is 16.3. The molecule has 124 valence electrons. The Morgan fingerprint density at radius 3 is 2.52 bits per heavy atom. The molecule has 1 aromatic rings. The van der Waals surface area contributed by atoms with Crippen LogP contribution >= 0.6 is 0 Å². The Morgan fingerprint density at radius 1 is 1.22 bits per heavy atom. The van der Waals surface area contributed by atoms with E-state index in [0.717, 1.165) is 5.56 Å². The second-order valence-electron chi connectivity index (χ2n) is 6.59. The molecule has 0 spiro atoms. The minimum absolute atomic E-state index is 0.00956. The molecule has 1 N–H and O–H groups in total. The molecule has 2 aliphatic heterocycles.